The first-order chi connectivity index (χ1) is 10.3. The summed E-state index contributed by atoms with van der Waals surface area (Å²) in [7, 11) is 0. The van der Waals surface area contributed by atoms with Crippen LogP contribution in [0.25, 0.3) is 10.8 Å². The number of hydrogen-bond donors (Lipinski definition) is 2. The maximum Gasteiger partial charge on any atom is 0.321 e. The molecule has 1 aliphatic rings. The lowest BCUT2D eigenvalue weighted by Crippen LogP contribution is -2.33. The maximum absolute atomic E-state index is 12.4. The molecule has 0 aromatic heterocycles. The summed E-state index contributed by atoms with van der Waals surface area (Å²) < 4.78 is 0. The Morgan fingerprint density at radius 3 is 2.90 bits per heavy atom. The number of fused-ring (bicyclic) bond motifs is 1. The fraction of sp³-hybridized carbons (Fsp3) is 0.353. The van der Waals surface area contributed by atoms with Crippen LogP contribution in [0.5, 0.6) is 0 Å². The van der Waals surface area contributed by atoms with Crippen molar-refractivity contribution in [1.29, 1.82) is 0 Å². The zero-order valence-electron chi connectivity index (χ0n) is 12.0. The van der Waals surface area contributed by atoms with E-state index in [1.54, 1.807) is 0 Å². The topological polar surface area (TPSA) is 52.6 Å². The van der Waals surface area contributed by atoms with E-state index in [-0.39, 0.29) is 12.6 Å². The Bertz CT molecular complexity index is 636. The Hall–Kier alpha value is -2.07. The fourth-order valence-electron chi connectivity index (χ4n) is 2.96. The lowest BCUT2D eigenvalue weighted by Gasteiger charge is -2.18. The number of anilines is 1. The summed E-state index contributed by atoms with van der Waals surface area (Å²) in [6.45, 7) is 1.70. The van der Waals surface area contributed by atoms with Gasteiger partial charge in [0.15, 0.2) is 0 Å². The summed E-state index contributed by atoms with van der Waals surface area (Å²) in [6, 6.07) is 13.9. The SMILES string of the molecule is O=C(Nc1cccc2ccccc12)N1CCC(CCO)C1. The molecule has 0 spiro atoms. The smallest absolute Gasteiger partial charge is 0.321 e. The molecule has 0 bridgehead atoms. The third-order valence-corrected chi connectivity index (χ3v) is 4.14. The van der Waals surface area contributed by atoms with Crippen molar-refractivity contribution in [2.75, 3.05) is 25.0 Å². The van der Waals surface area contributed by atoms with Crippen LogP contribution in [-0.4, -0.2) is 35.7 Å². The van der Waals surface area contributed by atoms with E-state index in [1.807, 2.05) is 47.4 Å². The zero-order valence-corrected chi connectivity index (χ0v) is 12.0. The van der Waals surface area contributed by atoms with Gasteiger partial charge in [0.2, 0.25) is 0 Å². The third-order valence-electron chi connectivity index (χ3n) is 4.14. The van der Waals surface area contributed by atoms with Gasteiger partial charge in [0, 0.05) is 25.1 Å². The molecule has 1 atom stereocenters. The molecule has 21 heavy (non-hydrogen) atoms. The van der Waals surface area contributed by atoms with Crippen molar-refractivity contribution < 1.29 is 9.90 Å². The van der Waals surface area contributed by atoms with Gasteiger partial charge in [-0.25, -0.2) is 4.79 Å². The Labute approximate surface area is 124 Å². The molecule has 0 radical (unpaired) electrons. The van der Waals surface area contributed by atoms with Gasteiger partial charge in [-0.15, -0.1) is 0 Å². The first-order valence-corrected chi connectivity index (χ1v) is 7.42. The fourth-order valence-corrected chi connectivity index (χ4v) is 2.96. The molecule has 0 saturated carbocycles. The van der Waals surface area contributed by atoms with Gasteiger partial charge in [0.1, 0.15) is 0 Å². The average molecular weight is 284 g/mol. The van der Waals surface area contributed by atoms with Crippen molar-refractivity contribution in [3.8, 4) is 0 Å². The second-order valence-corrected chi connectivity index (χ2v) is 5.57. The quantitative estimate of drug-likeness (QED) is 0.910. The van der Waals surface area contributed by atoms with E-state index >= 15 is 0 Å². The van der Waals surface area contributed by atoms with Crippen LogP contribution in [0.3, 0.4) is 0 Å². The first kappa shape index (κ1) is 13.9. The molecule has 2 amide bonds. The largest absolute Gasteiger partial charge is 0.396 e. The molecule has 1 saturated heterocycles. The summed E-state index contributed by atoms with van der Waals surface area (Å²) in [5.41, 5.74) is 0.851. The number of nitrogens with zero attached hydrogens (tertiary/aromatic N) is 1. The molecule has 2 aromatic rings. The summed E-state index contributed by atoms with van der Waals surface area (Å²) in [6.07, 6.45) is 1.75. The Kier molecular flexibility index (Phi) is 4.06. The lowest BCUT2D eigenvalue weighted by molar-refractivity contribution is 0.217. The molecular weight excluding hydrogens is 264 g/mol. The van der Waals surface area contributed by atoms with E-state index in [4.69, 9.17) is 5.11 Å². The van der Waals surface area contributed by atoms with Crippen LogP contribution in [-0.2, 0) is 0 Å². The number of benzene rings is 2. The minimum absolute atomic E-state index is 0.0493. The van der Waals surface area contributed by atoms with Crippen LogP contribution in [0, 0.1) is 5.92 Å². The Balaban J connectivity index is 1.72. The van der Waals surface area contributed by atoms with Gasteiger partial charge in [0.05, 0.1) is 5.69 Å². The second-order valence-electron chi connectivity index (χ2n) is 5.57. The molecular formula is C17H20N2O2. The van der Waals surface area contributed by atoms with Crippen molar-refractivity contribution in [2.24, 2.45) is 5.92 Å². The van der Waals surface area contributed by atoms with Crippen LogP contribution >= 0.6 is 0 Å². The highest BCUT2D eigenvalue weighted by Crippen LogP contribution is 2.25. The average Bonchev–Trinajstić information content (AvgIpc) is 2.97. The van der Waals surface area contributed by atoms with Crippen LogP contribution in [0.1, 0.15) is 12.8 Å². The number of carbonyl (C=O) groups excluding carboxylic acids is 1. The number of carbonyl (C=O) groups is 1. The van der Waals surface area contributed by atoms with Gasteiger partial charge in [-0.05, 0) is 30.2 Å². The molecule has 1 fully saturated rings. The highest BCUT2D eigenvalue weighted by molar-refractivity contribution is 6.01. The molecule has 110 valence electrons. The lowest BCUT2D eigenvalue weighted by atomic mass is 10.1. The number of aliphatic hydroxyl groups excluding tert-OH is 1. The van der Waals surface area contributed by atoms with Crippen LogP contribution in [0.2, 0.25) is 0 Å². The number of nitrogens with one attached hydrogen (secondary N) is 1. The molecule has 0 aliphatic carbocycles. The van der Waals surface area contributed by atoms with Crippen molar-refractivity contribution in [3.05, 3.63) is 42.5 Å². The molecule has 4 nitrogen and oxygen atoms in total. The zero-order chi connectivity index (χ0) is 14.7. The molecule has 1 aliphatic heterocycles. The van der Waals surface area contributed by atoms with Crippen molar-refractivity contribution in [2.45, 2.75) is 12.8 Å². The Morgan fingerprint density at radius 1 is 1.24 bits per heavy atom. The molecule has 1 heterocycles. The summed E-state index contributed by atoms with van der Waals surface area (Å²) >= 11 is 0. The number of rotatable bonds is 3. The van der Waals surface area contributed by atoms with Crippen LogP contribution < -0.4 is 5.32 Å². The number of aliphatic hydroxyl groups is 1. The number of hydrogen-bond acceptors (Lipinski definition) is 2. The number of amides is 2. The van der Waals surface area contributed by atoms with Crippen LogP contribution in [0.15, 0.2) is 42.5 Å². The minimum Gasteiger partial charge on any atom is -0.396 e. The standard InChI is InChI=1S/C17H20N2O2/c20-11-9-13-8-10-19(12-13)17(21)18-16-7-3-5-14-4-1-2-6-15(14)16/h1-7,13,20H,8-12H2,(H,18,21). The normalized spacial score (nSPS) is 18.1. The predicted molar refractivity (Wildman–Crippen MR) is 84.3 cm³/mol. The van der Waals surface area contributed by atoms with Gasteiger partial charge in [-0.2, -0.15) is 0 Å². The summed E-state index contributed by atoms with van der Waals surface area (Å²) in [4.78, 5) is 14.2. The van der Waals surface area contributed by atoms with Crippen molar-refractivity contribution in [1.82, 2.24) is 4.90 Å². The number of urea groups is 1. The van der Waals surface area contributed by atoms with E-state index < -0.39 is 0 Å². The highest BCUT2D eigenvalue weighted by atomic mass is 16.3. The molecule has 2 N–H and O–H groups in total. The second kappa shape index (κ2) is 6.14. The maximum atomic E-state index is 12.4. The Morgan fingerprint density at radius 2 is 2.05 bits per heavy atom. The van der Waals surface area contributed by atoms with Crippen LogP contribution in [0.4, 0.5) is 10.5 Å². The monoisotopic (exact) mass is 284 g/mol. The van der Waals surface area contributed by atoms with Gasteiger partial charge in [0.25, 0.3) is 0 Å². The minimum atomic E-state index is -0.0493. The molecule has 2 aromatic carbocycles. The van der Waals surface area contributed by atoms with Crippen molar-refractivity contribution >= 4 is 22.5 Å². The third kappa shape index (κ3) is 3.00. The van der Waals surface area contributed by atoms with Gasteiger partial charge < -0.3 is 15.3 Å². The van der Waals surface area contributed by atoms with Gasteiger partial charge >= 0.3 is 6.03 Å². The van der Waals surface area contributed by atoms with E-state index in [1.165, 1.54) is 0 Å². The van der Waals surface area contributed by atoms with Gasteiger partial charge in [-0.3, -0.25) is 0 Å². The van der Waals surface area contributed by atoms with E-state index in [0.717, 1.165) is 42.4 Å². The predicted octanol–water partition coefficient (Wildman–Crippen LogP) is 3.08. The van der Waals surface area contributed by atoms with E-state index in [9.17, 15) is 4.79 Å². The number of likely N-dealkylation sites (tertiary alicyclic amines) is 1. The molecule has 4 heteroatoms. The molecule has 1 unspecified atom stereocenters. The van der Waals surface area contributed by atoms with Crippen molar-refractivity contribution in [3.63, 3.8) is 0 Å². The highest BCUT2D eigenvalue weighted by Gasteiger charge is 2.25. The first-order valence-electron chi connectivity index (χ1n) is 7.42. The van der Waals surface area contributed by atoms with E-state index in [2.05, 4.69) is 5.32 Å². The summed E-state index contributed by atoms with van der Waals surface area (Å²) in [5.74, 6) is 0.424. The summed E-state index contributed by atoms with van der Waals surface area (Å²) in [5, 5.41) is 14.2. The van der Waals surface area contributed by atoms with E-state index in [0.29, 0.717) is 5.92 Å². The van der Waals surface area contributed by atoms with Gasteiger partial charge in [-0.1, -0.05) is 36.4 Å². The molecule has 3 rings (SSSR count).